The van der Waals surface area contributed by atoms with Crippen LogP contribution in [0.2, 0.25) is 0 Å². The minimum atomic E-state index is 0.0197. The van der Waals surface area contributed by atoms with E-state index in [2.05, 4.69) is 105 Å². The number of H-pyrrole nitrogens is 3. The molecule has 1 aliphatic rings. The third-order valence-electron chi connectivity index (χ3n) is 9.65. The summed E-state index contributed by atoms with van der Waals surface area (Å²) < 4.78 is 2.62. The van der Waals surface area contributed by atoms with E-state index in [-0.39, 0.29) is 6.61 Å². The van der Waals surface area contributed by atoms with Gasteiger partial charge in [-0.25, -0.2) is 0 Å². The largest absolute Gasteiger partial charge is 0.392 e. The number of nitrogens with one attached hydrogen (secondary N) is 3. The summed E-state index contributed by atoms with van der Waals surface area (Å²) in [5.41, 5.74) is 15.6. The van der Waals surface area contributed by atoms with Crippen LogP contribution in [0.15, 0.2) is 30.3 Å². The molecule has 234 valence electrons. The van der Waals surface area contributed by atoms with Gasteiger partial charge >= 0.3 is 0 Å². The fourth-order valence-corrected chi connectivity index (χ4v) is 7.73. The zero-order valence-corrected chi connectivity index (χ0v) is 28.2. The lowest BCUT2D eigenvalue weighted by Gasteiger charge is -2.12. The molecule has 4 N–H and O–H groups in total. The Bertz CT molecular complexity index is 1930. The number of hydrogen-bond acceptors (Lipinski definition) is 1. The van der Waals surface area contributed by atoms with Crippen molar-refractivity contribution in [1.29, 1.82) is 0 Å². The van der Waals surface area contributed by atoms with Gasteiger partial charge in [0, 0.05) is 50.6 Å². The first kappa shape index (κ1) is 31.7. The van der Waals surface area contributed by atoms with Gasteiger partial charge in [0.25, 0.3) is 0 Å². The van der Waals surface area contributed by atoms with Gasteiger partial charge in [-0.15, -0.1) is 0 Å². The van der Waals surface area contributed by atoms with Crippen LogP contribution in [0.5, 0.6) is 0 Å². The van der Waals surface area contributed by atoms with E-state index in [9.17, 15) is 5.11 Å². The summed E-state index contributed by atoms with van der Waals surface area (Å²) in [5, 5.41) is 14.9. The average molecular weight is 593 g/mol. The Morgan fingerprint density at radius 2 is 1.11 bits per heavy atom. The highest BCUT2D eigenvalue weighted by Crippen LogP contribution is 2.32. The summed E-state index contributed by atoms with van der Waals surface area (Å²) in [5.74, 6) is 0. The number of rotatable bonds is 10. The fraction of sp³-hybridized carbons (Fsp3) is 0.436. The van der Waals surface area contributed by atoms with Crippen molar-refractivity contribution in [1.82, 2.24) is 19.5 Å². The van der Waals surface area contributed by atoms with E-state index >= 15 is 0 Å². The van der Waals surface area contributed by atoms with E-state index in [0.717, 1.165) is 67.9 Å². The lowest BCUT2D eigenvalue weighted by Crippen LogP contribution is -2.31. The molecule has 5 rings (SSSR count). The second-order valence-corrected chi connectivity index (χ2v) is 11.7. The second-order valence-electron chi connectivity index (χ2n) is 11.7. The van der Waals surface area contributed by atoms with E-state index < -0.39 is 0 Å². The molecule has 5 heteroatoms. The molecule has 44 heavy (non-hydrogen) atoms. The molecule has 1 aliphatic heterocycles. The molecule has 0 aliphatic carbocycles. The van der Waals surface area contributed by atoms with Gasteiger partial charge in [0.05, 0.1) is 12.3 Å². The summed E-state index contributed by atoms with van der Waals surface area (Å²) in [6.45, 7) is 19.2. The van der Waals surface area contributed by atoms with Gasteiger partial charge in [-0.1, -0.05) is 60.6 Å². The molecule has 0 saturated heterocycles. The lowest BCUT2D eigenvalue weighted by atomic mass is 9.96. The van der Waals surface area contributed by atoms with Gasteiger partial charge in [-0.3, -0.25) is 0 Å². The first-order valence-corrected chi connectivity index (χ1v) is 17.1. The van der Waals surface area contributed by atoms with Gasteiger partial charge in [-0.05, 0) is 115 Å². The van der Waals surface area contributed by atoms with Gasteiger partial charge < -0.3 is 24.6 Å². The molecule has 5 nitrogen and oxygen atoms in total. The number of aromatic nitrogens is 4. The highest BCUT2D eigenvalue weighted by molar-refractivity contribution is 5.80. The molecular formula is C39H52N4O. The molecule has 0 amide bonds. The van der Waals surface area contributed by atoms with Crippen LogP contribution in [0.3, 0.4) is 0 Å². The molecule has 8 bridgehead atoms. The van der Waals surface area contributed by atoms with Crippen LogP contribution in [0, 0.1) is 0 Å². The van der Waals surface area contributed by atoms with Gasteiger partial charge in [0.1, 0.15) is 0 Å². The molecule has 5 heterocycles. The van der Waals surface area contributed by atoms with Crippen molar-refractivity contribution in [2.24, 2.45) is 0 Å². The van der Waals surface area contributed by atoms with Crippen molar-refractivity contribution < 1.29 is 5.11 Å². The predicted molar refractivity (Wildman–Crippen MR) is 186 cm³/mol. The number of fused-ring (bicyclic) bond motifs is 8. The van der Waals surface area contributed by atoms with E-state index in [1.165, 1.54) is 72.3 Å². The maximum atomic E-state index is 9.84. The topological polar surface area (TPSA) is 72.5 Å². The summed E-state index contributed by atoms with van der Waals surface area (Å²) in [6.07, 6.45) is 10.6. The lowest BCUT2D eigenvalue weighted by molar-refractivity contribution is 0.343. The molecule has 0 saturated carbocycles. The number of nitrogens with zero attached hydrogens (tertiary/aromatic N) is 1. The van der Waals surface area contributed by atoms with Crippen molar-refractivity contribution in [3.05, 3.63) is 96.8 Å². The first-order valence-electron chi connectivity index (χ1n) is 17.1. The number of aliphatic hydroxyl groups excluding tert-OH is 1. The normalized spacial score (nSPS) is 13.7. The van der Waals surface area contributed by atoms with Crippen LogP contribution >= 0.6 is 0 Å². The molecule has 0 radical (unpaired) electrons. The van der Waals surface area contributed by atoms with Crippen LogP contribution in [0.1, 0.15) is 126 Å². The molecule has 0 aromatic carbocycles. The SMILES string of the molecule is CCC1=c2ccc([nH]2)=C(CC)c2[nH]c(c(CC)c2C=CCO)C(CC)=c2c(CC)c(CC)c(n2CC)=C(CC)c2ccc1[nH]2. The van der Waals surface area contributed by atoms with Crippen LogP contribution in [0.4, 0.5) is 0 Å². The van der Waals surface area contributed by atoms with Gasteiger partial charge in [0.2, 0.25) is 0 Å². The molecule has 4 aromatic heterocycles. The Hall–Kier alpha value is -3.70. The molecule has 0 fully saturated rings. The Balaban J connectivity index is 2.15. The average Bonchev–Trinajstić information content (AvgIpc) is 3.83. The quantitative estimate of drug-likeness (QED) is 0.181. The zero-order valence-electron chi connectivity index (χ0n) is 28.2. The van der Waals surface area contributed by atoms with Crippen LogP contribution < -0.4 is 21.4 Å². The van der Waals surface area contributed by atoms with Crippen molar-refractivity contribution in [2.45, 2.75) is 107 Å². The number of aliphatic hydroxyl groups is 1. The van der Waals surface area contributed by atoms with E-state index in [1.807, 2.05) is 6.08 Å². The van der Waals surface area contributed by atoms with Crippen molar-refractivity contribution >= 4 is 28.4 Å². The highest BCUT2D eigenvalue weighted by Gasteiger charge is 2.24. The molecule has 0 spiro atoms. The van der Waals surface area contributed by atoms with Crippen LogP contribution in [-0.4, -0.2) is 31.2 Å². The summed E-state index contributed by atoms with van der Waals surface area (Å²) in [6, 6.07) is 9.04. The number of hydrogen-bond donors (Lipinski definition) is 4. The third-order valence-corrected chi connectivity index (χ3v) is 9.65. The zero-order chi connectivity index (χ0) is 31.5. The molecule has 4 aromatic rings. The van der Waals surface area contributed by atoms with Gasteiger partial charge in [0.15, 0.2) is 0 Å². The van der Waals surface area contributed by atoms with Gasteiger partial charge in [-0.2, -0.15) is 0 Å². The molecule has 0 unspecified atom stereocenters. The predicted octanol–water partition coefficient (Wildman–Crippen LogP) is 5.93. The van der Waals surface area contributed by atoms with Crippen molar-refractivity contribution in [2.75, 3.05) is 6.61 Å². The molecule has 0 atom stereocenters. The molecular weight excluding hydrogens is 540 g/mol. The fourth-order valence-electron chi connectivity index (χ4n) is 7.73. The minimum Gasteiger partial charge on any atom is -0.392 e. The van der Waals surface area contributed by atoms with Crippen LogP contribution in [0.25, 0.3) is 28.4 Å². The van der Waals surface area contributed by atoms with Crippen molar-refractivity contribution in [3.8, 4) is 0 Å². The van der Waals surface area contributed by atoms with E-state index in [0.29, 0.717) is 0 Å². The first-order chi connectivity index (χ1) is 21.5. The van der Waals surface area contributed by atoms with E-state index in [1.54, 1.807) is 0 Å². The Morgan fingerprint density at radius 3 is 1.64 bits per heavy atom. The maximum absolute atomic E-state index is 9.84. The summed E-state index contributed by atoms with van der Waals surface area (Å²) in [7, 11) is 0. The standard InChI is InChI=1S/C39H52N4O/c1-9-24-31(18-17-23-44)37-28(13-5)34-21-19-32(40-34)27(12-4)33-20-22-35(41-33)29(14-6)38-25(10-2)26(11-3)39(43(38)16-8)30(15-7)36(24)42-37/h17-22,40-42,44H,9-16,23H2,1-8H3. The van der Waals surface area contributed by atoms with Crippen molar-refractivity contribution in [3.63, 3.8) is 0 Å². The summed E-state index contributed by atoms with van der Waals surface area (Å²) in [4.78, 5) is 11.7. The smallest absolute Gasteiger partial charge is 0.0615 e. The number of aromatic amines is 3. The maximum Gasteiger partial charge on any atom is 0.0615 e. The Kier molecular flexibility index (Phi) is 9.75. The minimum absolute atomic E-state index is 0.0197. The monoisotopic (exact) mass is 592 g/mol. The third kappa shape index (κ3) is 5.09. The van der Waals surface area contributed by atoms with Crippen LogP contribution in [-0.2, 0) is 25.8 Å². The highest BCUT2D eigenvalue weighted by atomic mass is 16.2. The Morgan fingerprint density at radius 1 is 0.568 bits per heavy atom. The van der Waals surface area contributed by atoms with E-state index in [4.69, 9.17) is 0 Å². The summed E-state index contributed by atoms with van der Waals surface area (Å²) >= 11 is 0. The second kappa shape index (κ2) is 13.5. The Labute approximate surface area is 262 Å².